The highest BCUT2D eigenvalue weighted by Crippen LogP contribution is 2.26. The third-order valence-electron chi connectivity index (χ3n) is 1.28. The maximum atomic E-state index is 3.84. The first-order valence-corrected chi connectivity index (χ1v) is 3.31. The van der Waals surface area contributed by atoms with Crippen molar-refractivity contribution in [3.63, 3.8) is 0 Å². The molecule has 0 nitrogen and oxygen atoms in total. The van der Waals surface area contributed by atoms with Gasteiger partial charge in [0.25, 0.3) is 0 Å². The summed E-state index contributed by atoms with van der Waals surface area (Å²) in [5.74, 6) is 1.11. The molecule has 0 heterocycles. The molecule has 0 unspecified atom stereocenters. The molecule has 0 heteroatoms. The molecule has 0 aromatic heterocycles. The zero-order valence-electron chi connectivity index (χ0n) is 7.12. The molecule has 0 aromatic carbocycles. The molecule has 0 spiro atoms. The SMILES string of the molecule is C=C(C)[C](C(=C)C)C(=C)C. The quantitative estimate of drug-likeness (QED) is 0.557. The van der Waals surface area contributed by atoms with Crippen LogP contribution in [0.1, 0.15) is 20.8 Å². The van der Waals surface area contributed by atoms with Crippen molar-refractivity contribution in [1.29, 1.82) is 0 Å². The van der Waals surface area contributed by atoms with Crippen LogP contribution >= 0.6 is 0 Å². The van der Waals surface area contributed by atoms with Crippen molar-refractivity contribution >= 4 is 0 Å². The number of rotatable bonds is 3. The Labute approximate surface area is 64.0 Å². The Morgan fingerprint density at radius 3 is 0.900 bits per heavy atom. The summed E-state index contributed by atoms with van der Waals surface area (Å²) in [5.41, 5.74) is 3.12. The van der Waals surface area contributed by atoms with E-state index in [0.29, 0.717) is 0 Å². The second kappa shape index (κ2) is 3.40. The predicted molar refractivity (Wildman–Crippen MR) is 47.7 cm³/mol. The van der Waals surface area contributed by atoms with E-state index in [1.54, 1.807) is 0 Å². The van der Waals surface area contributed by atoms with Crippen LogP contribution in [-0.2, 0) is 0 Å². The molecule has 0 aliphatic heterocycles. The van der Waals surface area contributed by atoms with E-state index in [1.807, 2.05) is 20.8 Å². The first kappa shape index (κ1) is 9.22. The van der Waals surface area contributed by atoms with Crippen LogP contribution in [0.2, 0.25) is 0 Å². The van der Waals surface area contributed by atoms with Crippen molar-refractivity contribution in [2.75, 3.05) is 0 Å². The van der Waals surface area contributed by atoms with Crippen LogP contribution in [0.25, 0.3) is 0 Å². The zero-order chi connectivity index (χ0) is 8.31. The largest absolute Gasteiger partial charge is 0.0989 e. The molecule has 0 saturated heterocycles. The minimum absolute atomic E-state index is 1.04. The van der Waals surface area contributed by atoms with Gasteiger partial charge in [-0.1, -0.05) is 36.5 Å². The van der Waals surface area contributed by atoms with Gasteiger partial charge in [0.2, 0.25) is 0 Å². The molecule has 0 rings (SSSR count). The Balaban J connectivity index is 4.43. The van der Waals surface area contributed by atoms with Crippen molar-refractivity contribution in [2.24, 2.45) is 0 Å². The van der Waals surface area contributed by atoms with E-state index < -0.39 is 0 Å². The maximum Gasteiger partial charge on any atom is 0.0482 e. The van der Waals surface area contributed by atoms with Crippen LogP contribution in [-0.4, -0.2) is 0 Å². The number of allylic oxidation sites excluding steroid dienone is 3. The topological polar surface area (TPSA) is 0 Å². The van der Waals surface area contributed by atoms with Crippen LogP contribution < -0.4 is 0 Å². The van der Waals surface area contributed by atoms with Gasteiger partial charge in [0.15, 0.2) is 0 Å². The summed E-state index contributed by atoms with van der Waals surface area (Å²) >= 11 is 0. The van der Waals surface area contributed by atoms with Crippen LogP contribution in [0.3, 0.4) is 0 Å². The molecule has 10 heavy (non-hydrogen) atoms. The summed E-state index contributed by atoms with van der Waals surface area (Å²) in [4.78, 5) is 0. The molecule has 0 amide bonds. The van der Waals surface area contributed by atoms with Gasteiger partial charge >= 0.3 is 0 Å². The molecule has 0 saturated carbocycles. The smallest absolute Gasteiger partial charge is 0.0482 e. The van der Waals surface area contributed by atoms with Crippen LogP contribution in [0, 0.1) is 5.92 Å². The lowest BCUT2D eigenvalue weighted by Crippen LogP contribution is -1.99. The van der Waals surface area contributed by atoms with Crippen molar-refractivity contribution in [3.8, 4) is 0 Å². The van der Waals surface area contributed by atoms with E-state index in [1.165, 1.54) is 0 Å². The first-order chi connectivity index (χ1) is 4.46. The lowest BCUT2D eigenvalue weighted by Gasteiger charge is -2.15. The van der Waals surface area contributed by atoms with Crippen LogP contribution in [0.4, 0.5) is 0 Å². The van der Waals surface area contributed by atoms with E-state index >= 15 is 0 Å². The molecule has 0 fully saturated rings. The normalized spacial score (nSPS) is 9.60. The summed E-state index contributed by atoms with van der Waals surface area (Å²) in [6.45, 7) is 17.4. The Bertz CT molecular complexity index is 139. The lowest BCUT2D eigenvalue weighted by atomic mass is 9.89. The fourth-order valence-corrected chi connectivity index (χ4v) is 1.09. The summed E-state index contributed by atoms with van der Waals surface area (Å²) in [6.07, 6.45) is 0. The first-order valence-electron chi connectivity index (χ1n) is 3.31. The summed E-state index contributed by atoms with van der Waals surface area (Å²) in [5, 5.41) is 0. The summed E-state index contributed by atoms with van der Waals surface area (Å²) in [6, 6.07) is 0. The van der Waals surface area contributed by atoms with Gasteiger partial charge in [-0.05, 0) is 20.8 Å². The van der Waals surface area contributed by atoms with Gasteiger partial charge in [0, 0.05) is 5.92 Å². The van der Waals surface area contributed by atoms with E-state index in [2.05, 4.69) is 19.7 Å². The van der Waals surface area contributed by atoms with E-state index in [-0.39, 0.29) is 0 Å². The Kier molecular flexibility index (Phi) is 3.14. The molecule has 0 aliphatic rings. The average Bonchev–Trinajstić information content (AvgIpc) is 1.59. The molecule has 1 radical (unpaired) electrons. The summed E-state index contributed by atoms with van der Waals surface area (Å²) in [7, 11) is 0. The van der Waals surface area contributed by atoms with Crippen molar-refractivity contribution < 1.29 is 0 Å². The van der Waals surface area contributed by atoms with E-state index in [0.717, 1.165) is 22.6 Å². The molecule has 0 bridgehead atoms. The van der Waals surface area contributed by atoms with Gasteiger partial charge in [0.1, 0.15) is 0 Å². The average molecular weight is 135 g/mol. The standard InChI is InChI=1S/C10H15/c1-7(2)10(8(3)4)9(5)6/h1,3,5H2,2,4,6H3. The van der Waals surface area contributed by atoms with Crippen molar-refractivity contribution in [3.05, 3.63) is 42.4 Å². The lowest BCUT2D eigenvalue weighted by molar-refractivity contribution is 1.14. The van der Waals surface area contributed by atoms with Gasteiger partial charge in [-0.25, -0.2) is 0 Å². The number of hydrogen-bond acceptors (Lipinski definition) is 0. The van der Waals surface area contributed by atoms with Gasteiger partial charge in [-0.3, -0.25) is 0 Å². The molecule has 0 aliphatic carbocycles. The zero-order valence-corrected chi connectivity index (χ0v) is 7.12. The van der Waals surface area contributed by atoms with E-state index in [4.69, 9.17) is 0 Å². The van der Waals surface area contributed by atoms with Crippen molar-refractivity contribution in [2.45, 2.75) is 20.8 Å². The fraction of sp³-hybridized carbons (Fsp3) is 0.300. The number of hydrogen-bond donors (Lipinski definition) is 0. The fourth-order valence-electron chi connectivity index (χ4n) is 1.09. The minimum atomic E-state index is 1.04. The molecule has 0 atom stereocenters. The summed E-state index contributed by atoms with van der Waals surface area (Å²) < 4.78 is 0. The van der Waals surface area contributed by atoms with Gasteiger partial charge < -0.3 is 0 Å². The minimum Gasteiger partial charge on any atom is -0.0989 e. The highest BCUT2D eigenvalue weighted by Gasteiger charge is 2.10. The molecule has 0 N–H and O–H groups in total. The monoisotopic (exact) mass is 135 g/mol. The molecule has 0 aromatic rings. The Morgan fingerprint density at radius 1 is 0.700 bits per heavy atom. The highest BCUT2D eigenvalue weighted by atomic mass is 14.1. The Morgan fingerprint density at radius 2 is 0.900 bits per heavy atom. The van der Waals surface area contributed by atoms with Gasteiger partial charge in [0.05, 0.1) is 0 Å². The maximum absolute atomic E-state index is 3.84. The third-order valence-corrected chi connectivity index (χ3v) is 1.28. The molecular formula is C10H15. The highest BCUT2D eigenvalue weighted by molar-refractivity contribution is 5.46. The molecule has 55 valence electrons. The van der Waals surface area contributed by atoms with Crippen LogP contribution in [0.15, 0.2) is 36.5 Å². The van der Waals surface area contributed by atoms with E-state index in [9.17, 15) is 0 Å². The second-order valence-electron chi connectivity index (χ2n) is 2.72. The molecular weight excluding hydrogens is 120 g/mol. The van der Waals surface area contributed by atoms with Crippen LogP contribution in [0.5, 0.6) is 0 Å². The van der Waals surface area contributed by atoms with Gasteiger partial charge in [-0.2, -0.15) is 0 Å². The van der Waals surface area contributed by atoms with Crippen molar-refractivity contribution in [1.82, 2.24) is 0 Å². The predicted octanol–water partition coefficient (Wildman–Crippen LogP) is 3.29. The second-order valence-corrected chi connectivity index (χ2v) is 2.72. The Hall–Kier alpha value is -0.780. The third kappa shape index (κ3) is 2.22. The van der Waals surface area contributed by atoms with Gasteiger partial charge in [-0.15, -0.1) is 0 Å².